The first-order valence-corrected chi connectivity index (χ1v) is 11.3. The minimum atomic E-state index is 0. The minimum Gasteiger partial charge on any atom is -0.377 e. The smallest absolute Gasteiger partial charge is 0.191 e. The molecule has 0 bridgehead atoms. The molecule has 9 heteroatoms. The van der Waals surface area contributed by atoms with Crippen LogP contribution in [0.1, 0.15) is 58.1 Å². The van der Waals surface area contributed by atoms with E-state index in [2.05, 4.69) is 46.4 Å². The number of hydrogen-bond acceptors (Lipinski definition) is 5. The van der Waals surface area contributed by atoms with Crippen molar-refractivity contribution in [3.05, 3.63) is 11.6 Å². The number of likely N-dealkylation sites (tertiary alicyclic amines) is 1. The summed E-state index contributed by atoms with van der Waals surface area (Å²) in [6.07, 6.45) is 5.82. The fraction of sp³-hybridized carbons (Fsp3) is 0.857. The Bertz CT molecular complexity index is 658. The zero-order valence-corrected chi connectivity index (χ0v) is 21.4. The molecule has 30 heavy (non-hydrogen) atoms. The fourth-order valence-electron chi connectivity index (χ4n) is 4.37. The van der Waals surface area contributed by atoms with E-state index in [1.165, 1.54) is 32.4 Å². The van der Waals surface area contributed by atoms with Crippen molar-refractivity contribution in [3.63, 3.8) is 0 Å². The number of guanidine groups is 1. The maximum absolute atomic E-state index is 5.17. The number of nitrogens with zero attached hydrogens (tertiary/aromatic N) is 5. The van der Waals surface area contributed by atoms with E-state index in [0.717, 1.165) is 50.1 Å². The van der Waals surface area contributed by atoms with Gasteiger partial charge in [-0.15, -0.1) is 24.0 Å². The predicted octanol–water partition coefficient (Wildman–Crippen LogP) is 2.42. The van der Waals surface area contributed by atoms with Crippen LogP contribution >= 0.6 is 24.0 Å². The molecular weight excluding hydrogens is 493 g/mol. The van der Waals surface area contributed by atoms with Crippen molar-refractivity contribution in [2.24, 2.45) is 10.9 Å². The molecule has 1 aromatic rings. The Hall–Kier alpha value is -0.940. The number of rotatable bonds is 9. The van der Waals surface area contributed by atoms with Crippen molar-refractivity contribution >= 4 is 29.9 Å². The van der Waals surface area contributed by atoms with E-state index in [-0.39, 0.29) is 24.0 Å². The average molecular weight is 534 g/mol. The van der Waals surface area contributed by atoms with Gasteiger partial charge in [-0.25, -0.2) is 9.67 Å². The number of methoxy groups -OCH3 is 1. The first kappa shape index (κ1) is 25.3. The summed E-state index contributed by atoms with van der Waals surface area (Å²) in [5.41, 5.74) is 0. The van der Waals surface area contributed by atoms with E-state index in [9.17, 15) is 0 Å². The molecule has 2 atom stereocenters. The average Bonchev–Trinajstić information content (AvgIpc) is 3.34. The van der Waals surface area contributed by atoms with Crippen LogP contribution in [0.2, 0.25) is 0 Å². The van der Waals surface area contributed by atoms with Crippen LogP contribution in [-0.2, 0) is 24.3 Å². The van der Waals surface area contributed by atoms with Crippen LogP contribution in [0.25, 0.3) is 0 Å². The SMILES string of the molecule is CCNC(=NCC(CC(C)C)N1CCCC1)NC1CCc2nc(COC)nn2C1.I. The molecule has 2 aliphatic heterocycles. The number of fused-ring (bicyclic) bond motifs is 1. The van der Waals surface area contributed by atoms with Gasteiger partial charge in [0.1, 0.15) is 12.4 Å². The van der Waals surface area contributed by atoms with Crippen molar-refractivity contribution in [1.82, 2.24) is 30.3 Å². The molecule has 3 rings (SSSR count). The van der Waals surface area contributed by atoms with Crippen molar-refractivity contribution in [2.75, 3.05) is 33.3 Å². The van der Waals surface area contributed by atoms with Gasteiger partial charge >= 0.3 is 0 Å². The van der Waals surface area contributed by atoms with E-state index >= 15 is 0 Å². The van der Waals surface area contributed by atoms with Crippen LogP contribution < -0.4 is 10.6 Å². The highest BCUT2D eigenvalue weighted by atomic mass is 127. The molecular formula is C21H40IN7O. The molecule has 2 unspecified atom stereocenters. The summed E-state index contributed by atoms with van der Waals surface area (Å²) in [5, 5.41) is 11.6. The number of aromatic nitrogens is 3. The summed E-state index contributed by atoms with van der Waals surface area (Å²) in [5.74, 6) is 3.44. The van der Waals surface area contributed by atoms with Gasteiger partial charge < -0.3 is 15.4 Å². The van der Waals surface area contributed by atoms with Crippen molar-refractivity contribution in [1.29, 1.82) is 0 Å². The zero-order chi connectivity index (χ0) is 20.6. The molecule has 1 aromatic heterocycles. The Morgan fingerprint density at radius 1 is 1.30 bits per heavy atom. The second-order valence-electron chi connectivity index (χ2n) is 8.69. The first-order valence-electron chi connectivity index (χ1n) is 11.3. The summed E-state index contributed by atoms with van der Waals surface area (Å²) in [6, 6.07) is 0.852. The molecule has 0 aliphatic carbocycles. The third kappa shape index (κ3) is 7.33. The maximum Gasteiger partial charge on any atom is 0.191 e. The molecule has 0 saturated carbocycles. The molecule has 172 valence electrons. The van der Waals surface area contributed by atoms with Crippen molar-refractivity contribution in [2.45, 2.75) is 78.1 Å². The van der Waals surface area contributed by atoms with E-state index in [1.54, 1.807) is 7.11 Å². The van der Waals surface area contributed by atoms with Gasteiger partial charge in [0, 0.05) is 32.2 Å². The quantitative estimate of drug-likeness (QED) is 0.289. The van der Waals surface area contributed by atoms with Gasteiger partial charge in [0.2, 0.25) is 0 Å². The lowest BCUT2D eigenvalue weighted by atomic mass is 10.0. The van der Waals surface area contributed by atoms with Gasteiger partial charge in [-0.2, -0.15) is 5.10 Å². The summed E-state index contributed by atoms with van der Waals surface area (Å²) >= 11 is 0. The molecule has 0 radical (unpaired) electrons. The van der Waals surface area contributed by atoms with E-state index in [4.69, 9.17) is 9.73 Å². The Kier molecular flexibility index (Phi) is 10.8. The van der Waals surface area contributed by atoms with Gasteiger partial charge in [-0.3, -0.25) is 9.89 Å². The van der Waals surface area contributed by atoms with Crippen molar-refractivity contribution in [3.8, 4) is 0 Å². The van der Waals surface area contributed by atoms with E-state index < -0.39 is 0 Å². The zero-order valence-electron chi connectivity index (χ0n) is 19.1. The van der Waals surface area contributed by atoms with Gasteiger partial charge in [0.25, 0.3) is 0 Å². The number of hydrogen-bond donors (Lipinski definition) is 2. The lowest BCUT2D eigenvalue weighted by Gasteiger charge is -2.29. The monoisotopic (exact) mass is 533 g/mol. The number of ether oxygens (including phenoxy) is 1. The molecule has 0 spiro atoms. The molecule has 0 aromatic carbocycles. The lowest BCUT2D eigenvalue weighted by Crippen LogP contribution is -2.47. The number of halogens is 1. The van der Waals surface area contributed by atoms with Crippen LogP contribution in [-0.4, -0.2) is 71.0 Å². The second-order valence-corrected chi connectivity index (χ2v) is 8.69. The Morgan fingerprint density at radius 3 is 2.73 bits per heavy atom. The second kappa shape index (κ2) is 12.8. The molecule has 3 heterocycles. The van der Waals surface area contributed by atoms with Gasteiger partial charge in [-0.05, 0) is 51.6 Å². The summed E-state index contributed by atoms with van der Waals surface area (Å²) in [4.78, 5) is 12.2. The van der Waals surface area contributed by atoms with Crippen LogP contribution in [0.5, 0.6) is 0 Å². The highest BCUT2D eigenvalue weighted by Gasteiger charge is 2.24. The molecule has 2 aliphatic rings. The number of nitrogens with one attached hydrogen (secondary N) is 2. The molecule has 1 saturated heterocycles. The minimum absolute atomic E-state index is 0. The van der Waals surface area contributed by atoms with Crippen molar-refractivity contribution < 1.29 is 4.74 Å². The first-order chi connectivity index (χ1) is 14.1. The molecule has 8 nitrogen and oxygen atoms in total. The Morgan fingerprint density at radius 2 is 2.07 bits per heavy atom. The Labute approximate surface area is 198 Å². The summed E-state index contributed by atoms with van der Waals surface area (Å²) in [6.45, 7) is 12.2. The number of aryl methyl sites for hydroxylation is 1. The van der Waals surface area contributed by atoms with Crippen LogP contribution in [0.3, 0.4) is 0 Å². The van der Waals surface area contributed by atoms with Crippen LogP contribution in [0.4, 0.5) is 0 Å². The maximum atomic E-state index is 5.17. The highest BCUT2D eigenvalue weighted by Crippen LogP contribution is 2.18. The molecule has 0 amide bonds. The largest absolute Gasteiger partial charge is 0.377 e. The third-order valence-electron chi connectivity index (χ3n) is 5.72. The fourth-order valence-corrected chi connectivity index (χ4v) is 4.37. The van der Waals surface area contributed by atoms with Gasteiger partial charge in [-0.1, -0.05) is 13.8 Å². The molecule has 2 N–H and O–H groups in total. The van der Waals surface area contributed by atoms with Crippen LogP contribution in [0, 0.1) is 5.92 Å². The van der Waals surface area contributed by atoms with Crippen LogP contribution in [0.15, 0.2) is 4.99 Å². The van der Waals surface area contributed by atoms with E-state index in [1.807, 2.05) is 4.68 Å². The normalized spacial score (nSPS) is 20.7. The summed E-state index contributed by atoms with van der Waals surface area (Å²) in [7, 11) is 1.68. The molecule has 1 fully saturated rings. The number of aliphatic imine (C=N–C) groups is 1. The standard InChI is InChI=1S/C21H39N7O.HI/c1-5-22-21(23-13-18(12-16(2)3)27-10-6-7-11-27)24-17-8-9-20-25-19(15-29-4)26-28(20)14-17;/h16-18H,5-15H2,1-4H3,(H2,22,23,24);1H. The van der Waals surface area contributed by atoms with Gasteiger partial charge in [0.05, 0.1) is 13.1 Å². The van der Waals surface area contributed by atoms with Gasteiger partial charge in [0.15, 0.2) is 11.8 Å². The highest BCUT2D eigenvalue weighted by molar-refractivity contribution is 14.0. The predicted molar refractivity (Wildman–Crippen MR) is 131 cm³/mol. The topological polar surface area (TPSA) is 79.6 Å². The lowest BCUT2D eigenvalue weighted by molar-refractivity contribution is 0.177. The summed E-state index contributed by atoms with van der Waals surface area (Å²) < 4.78 is 7.18. The van der Waals surface area contributed by atoms with E-state index in [0.29, 0.717) is 24.6 Å². The Balaban J connectivity index is 0.00000320. The third-order valence-corrected chi connectivity index (χ3v) is 5.72.